The van der Waals surface area contributed by atoms with Gasteiger partial charge in [-0.15, -0.1) is 0 Å². The van der Waals surface area contributed by atoms with E-state index in [1.54, 1.807) is 24.3 Å². The summed E-state index contributed by atoms with van der Waals surface area (Å²) in [7, 11) is 0. The Bertz CT molecular complexity index is 1210. The Hall–Kier alpha value is -4.41. The number of carbonyl (C=O) groups excluding carboxylic acids is 1. The maximum Gasteiger partial charge on any atom is 0.305 e. The first-order chi connectivity index (χ1) is 16.2. The molecule has 8 N–H and O–H groups in total. The molecule has 0 radical (unpaired) electrons. The Morgan fingerprint density at radius 2 is 1.62 bits per heavy atom. The summed E-state index contributed by atoms with van der Waals surface area (Å²) >= 11 is 0. The number of benzene rings is 2. The first kappa shape index (κ1) is 24.2. The molecule has 0 aliphatic heterocycles. The number of rotatable bonds is 10. The molecule has 0 atom stereocenters. The fourth-order valence-electron chi connectivity index (χ4n) is 3.76. The summed E-state index contributed by atoms with van der Waals surface area (Å²) in [6, 6.07) is 9.36. The molecular weight excluding hydrogens is 440 g/mol. The van der Waals surface area contributed by atoms with E-state index in [0.29, 0.717) is 17.9 Å². The lowest BCUT2D eigenvalue weighted by Gasteiger charge is -2.16. The molecule has 0 aliphatic rings. The van der Waals surface area contributed by atoms with Gasteiger partial charge in [-0.2, -0.15) is 4.98 Å². The molecule has 178 valence electrons. The smallest absolute Gasteiger partial charge is 0.305 e. The fraction of sp³-hybridized carbons (Fsp3) is 0.261. The zero-order valence-corrected chi connectivity index (χ0v) is 18.5. The van der Waals surface area contributed by atoms with Gasteiger partial charge in [0.1, 0.15) is 5.82 Å². The van der Waals surface area contributed by atoms with E-state index >= 15 is 0 Å². The Morgan fingerprint density at radius 1 is 0.971 bits per heavy atom. The second kappa shape index (κ2) is 10.5. The van der Waals surface area contributed by atoms with Crippen molar-refractivity contribution in [2.75, 3.05) is 16.8 Å². The number of aromatic nitrogens is 2. The zero-order chi connectivity index (χ0) is 24.8. The molecule has 0 fully saturated rings. The monoisotopic (exact) mass is 466 g/mol. The number of hydrogen-bond donors (Lipinski definition) is 6. The number of aryl methyl sites for hydroxylation is 1. The Kier molecular flexibility index (Phi) is 7.46. The molecule has 1 heterocycles. The number of fused-ring (bicyclic) bond motifs is 1. The number of nitrogens with one attached hydrogen (secondary N) is 2. The van der Waals surface area contributed by atoms with E-state index < -0.39 is 36.7 Å². The highest BCUT2D eigenvalue weighted by molar-refractivity contribution is 5.95. The Balaban J connectivity index is 1.70. The average molecular weight is 466 g/mol. The summed E-state index contributed by atoms with van der Waals surface area (Å²) in [6.07, 6.45) is -0.241. The summed E-state index contributed by atoms with van der Waals surface area (Å²) in [4.78, 5) is 42.6. The van der Waals surface area contributed by atoms with Crippen molar-refractivity contribution in [3.63, 3.8) is 0 Å². The first-order valence-electron chi connectivity index (χ1n) is 10.6. The van der Waals surface area contributed by atoms with Gasteiger partial charge in [0.15, 0.2) is 0 Å². The number of carbonyl (C=O) groups is 3. The van der Waals surface area contributed by atoms with Crippen molar-refractivity contribution < 1.29 is 24.6 Å². The molecule has 3 aromatic rings. The minimum atomic E-state index is -1.19. The second-order valence-corrected chi connectivity index (χ2v) is 7.71. The van der Waals surface area contributed by atoms with Crippen molar-refractivity contribution in [2.45, 2.75) is 38.8 Å². The topological polar surface area (TPSA) is 194 Å². The van der Waals surface area contributed by atoms with Gasteiger partial charge in [0.05, 0.1) is 24.4 Å². The summed E-state index contributed by atoms with van der Waals surface area (Å²) in [5.41, 5.74) is 15.5. The fourth-order valence-corrected chi connectivity index (χ4v) is 3.76. The Morgan fingerprint density at radius 3 is 2.21 bits per heavy atom. The van der Waals surface area contributed by atoms with Crippen LogP contribution in [-0.4, -0.2) is 44.1 Å². The summed E-state index contributed by atoms with van der Waals surface area (Å²) in [5, 5.41) is 24.4. The molecule has 2 aromatic carbocycles. The molecule has 11 heteroatoms. The molecule has 0 unspecified atom stereocenters. The third kappa shape index (κ3) is 5.88. The lowest BCUT2D eigenvalue weighted by Crippen LogP contribution is -2.38. The lowest BCUT2D eigenvalue weighted by atomic mass is 9.99. The van der Waals surface area contributed by atoms with Gasteiger partial charge in [-0.05, 0) is 47.9 Å². The van der Waals surface area contributed by atoms with Crippen LogP contribution in [0.2, 0.25) is 0 Å². The molecule has 11 nitrogen and oxygen atoms in total. The van der Waals surface area contributed by atoms with E-state index in [2.05, 4.69) is 20.6 Å². The van der Waals surface area contributed by atoms with E-state index in [4.69, 9.17) is 21.7 Å². The summed E-state index contributed by atoms with van der Waals surface area (Å²) in [5.74, 6) is -2.47. The van der Waals surface area contributed by atoms with Crippen LogP contribution in [0.1, 0.15) is 41.3 Å². The van der Waals surface area contributed by atoms with Crippen molar-refractivity contribution in [1.29, 1.82) is 0 Å². The van der Waals surface area contributed by atoms with Gasteiger partial charge >= 0.3 is 11.9 Å². The predicted octanol–water partition coefficient (Wildman–Crippen LogP) is 2.02. The maximum absolute atomic E-state index is 12.4. The van der Waals surface area contributed by atoms with E-state index in [1.807, 2.05) is 19.1 Å². The van der Waals surface area contributed by atoms with Crippen LogP contribution >= 0.6 is 0 Å². The average Bonchev–Trinajstić information content (AvgIpc) is 2.76. The molecule has 3 rings (SSSR count). The van der Waals surface area contributed by atoms with Crippen molar-refractivity contribution in [1.82, 2.24) is 15.3 Å². The van der Waals surface area contributed by atoms with Gasteiger partial charge in [-0.25, -0.2) is 4.98 Å². The molecule has 0 spiro atoms. The normalized spacial score (nSPS) is 10.9. The largest absolute Gasteiger partial charge is 0.481 e. The number of hydrogen-bond acceptors (Lipinski definition) is 8. The molecular formula is C23H26N6O5. The van der Waals surface area contributed by atoms with Crippen LogP contribution in [0.5, 0.6) is 0 Å². The van der Waals surface area contributed by atoms with Crippen LogP contribution in [0.25, 0.3) is 10.9 Å². The number of aliphatic carboxylic acids is 2. The van der Waals surface area contributed by atoms with Crippen LogP contribution in [0.4, 0.5) is 17.5 Å². The van der Waals surface area contributed by atoms with Crippen LogP contribution in [-0.2, 0) is 22.6 Å². The van der Waals surface area contributed by atoms with Crippen molar-refractivity contribution >= 4 is 46.2 Å². The highest BCUT2D eigenvalue weighted by atomic mass is 16.4. The third-order valence-corrected chi connectivity index (χ3v) is 5.27. The highest BCUT2D eigenvalue weighted by Gasteiger charge is 2.20. The standard InChI is InChI=1S/C23H26N6O5/c1-2-16-13(5-8-17-20(16)21(24)29-23(25)28-17)11-26-14-6-3-12(4-7-14)22(34)27-15(9-18(30)31)10-19(32)33/h3-8,15,26H,2,9-11H2,1H3,(H,27,34)(H,30,31)(H,32,33)(H4,24,25,28,29). The van der Waals surface area contributed by atoms with Crippen LogP contribution < -0.4 is 22.1 Å². The zero-order valence-electron chi connectivity index (χ0n) is 18.5. The van der Waals surface area contributed by atoms with Crippen molar-refractivity contribution in [3.05, 3.63) is 53.1 Å². The van der Waals surface area contributed by atoms with Gasteiger partial charge in [0, 0.05) is 23.2 Å². The summed E-state index contributed by atoms with van der Waals surface area (Å²) < 4.78 is 0. The third-order valence-electron chi connectivity index (χ3n) is 5.27. The minimum Gasteiger partial charge on any atom is -0.481 e. The van der Waals surface area contributed by atoms with E-state index in [1.165, 1.54) is 0 Å². The Labute approximate surface area is 195 Å². The molecule has 1 amide bonds. The number of carboxylic acid groups (broad SMARTS) is 2. The number of nitrogens with two attached hydrogens (primary N) is 2. The number of nitrogens with zero attached hydrogens (tertiary/aromatic N) is 2. The minimum absolute atomic E-state index is 0.124. The van der Waals surface area contributed by atoms with Gasteiger partial charge in [-0.3, -0.25) is 14.4 Å². The SMILES string of the molecule is CCc1c(CNc2ccc(C(=O)NC(CC(=O)O)CC(=O)O)cc2)ccc2nc(N)nc(N)c12. The van der Waals surface area contributed by atoms with Crippen molar-refractivity contribution in [3.8, 4) is 0 Å². The first-order valence-corrected chi connectivity index (χ1v) is 10.6. The number of nitrogen functional groups attached to an aromatic ring is 2. The number of carboxylic acids is 2. The lowest BCUT2D eigenvalue weighted by molar-refractivity contribution is -0.139. The van der Waals surface area contributed by atoms with Crippen molar-refractivity contribution in [2.24, 2.45) is 0 Å². The number of amides is 1. The van der Waals surface area contributed by atoms with Gasteiger partial charge < -0.3 is 32.3 Å². The van der Waals surface area contributed by atoms with Gasteiger partial charge in [0.25, 0.3) is 5.91 Å². The van der Waals surface area contributed by atoms with Crippen LogP contribution in [0, 0.1) is 0 Å². The van der Waals surface area contributed by atoms with Crippen LogP contribution in [0.3, 0.4) is 0 Å². The van der Waals surface area contributed by atoms with Gasteiger partial charge in [0.2, 0.25) is 5.95 Å². The predicted molar refractivity (Wildman–Crippen MR) is 127 cm³/mol. The van der Waals surface area contributed by atoms with Gasteiger partial charge in [-0.1, -0.05) is 13.0 Å². The second-order valence-electron chi connectivity index (χ2n) is 7.71. The molecule has 0 saturated carbocycles. The molecule has 0 bridgehead atoms. The molecule has 0 saturated heterocycles. The quantitative estimate of drug-likeness (QED) is 0.257. The summed E-state index contributed by atoms with van der Waals surface area (Å²) in [6.45, 7) is 2.51. The molecule has 34 heavy (non-hydrogen) atoms. The maximum atomic E-state index is 12.4. The molecule has 1 aromatic heterocycles. The van der Waals surface area contributed by atoms with Crippen LogP contribution in [0.15, 0.2) is 36.4 Å². The van der Waals surface area contributed by atoms with E-state index in [9.17, 15) is 14.4 Å². The number of anilines is 3. The van der Waals surface area contributed by atoms with E-state index in [0.717, 1.165) is 28.6 Å². The molecule has 0 aliphatic carbocycles. The highest BCUT2D eigenvalue weighted by Crippen LogP contribution is 2.27. The van der Waals surface area contributed by atoms with E-state index in [-0.39, 0.29) is 11.5 Å².